The Morgan fingerprint density at radius 3 is 2.60 bits per heavy atom. The third kappa shape index (κ3) is 2.50. The summed E-state index contributed by atoms with van der Waals surface area (Å²) in [6.45, 7) is 0. The van der Waals surface area contributed by atoms with Crippen LogP contribution < -0.4 is 4.90 Å². The van der Waals surface area contributed by atoms with Gasteiger partial charge in [0.1, 0.15) is 0 Å². The van der Waals surface area contributed by atoms with Crippen LogP contribution in [0.25, 0.3) is 5.69 Å². The molecule has 0 amide bonds. The van der Waals surface area contributed by atoms with E-state index in [1.165, 1.54) is 32.1 Å². The fourth-order valence-electron chi connectivity index (χ4n) is 2.97. The summed E-state index contributed by atoms with van der Waals surface area (Å²) in [5.74, 6) is 0.910. The number of aromatic amines is 1. The first-order chi connectivity index (χ1) is 9.77. The van der Waals surface area contributed by atoms with Gasteiger partial charge in [0.2, 0.25) is 10.7 Å². The van der Waals surface area contributed by atoms with Crippen LogP contribution in [0.4, 0.5) is 5.95 Å². The highest BCUT2D eigenvalue weighted by atomic mass is 32.1. The van der Waals surface area contributed by atoms with Crippen LogP contribution in [0.3, 0.4) is 0 Å². The zero-order valence-electron chi connectivity index (χ0n) is 11.7. The van der Waals surface area contributed by atoms with E-state index in [-0.39, 0.29) is 0 Å². The van der Waals surface area contributed by atoms with Gasteiger partial charge in [-0.05, 0) is 37.2 Å². The summed E-state index contributed by atoms with van der Waals surface area (Å²) >= 11 is 5.39. The third-order valence-electron chi connectivity index (χ3n) is 4.11. The first kappa shape index (κ1) is 13.4. The van der Waals surface area contributed by atoms with E-state index in [1.807, 2.05) is 22.8 Å². The molecule has 1 N–H and O–H groups in total. The maximum atomic E-state index is 5.39. The van der Waals surface area contributed by atoms with Crippen LogP contribution in [0, 0.1) is 4.77 Å². The second-order valence-corrected chi connectivity index (χ2v) is 5.79. The quantitative estimate of drug-likeness (QED) is 0.875. The number of benzene rings is 1. The van der Waals surface area contributed by atoms with E-state index in [0.29, 0.717) is 10.8 Å². The summed E-state index contributed by atoms with van der Waals surface area (Å²) in [4.78, 5) is 2.28. The topological polar surface area (TPSA) is 36.9 Å². The Labute approximate surface area is 124 Å². The molecule has 5 heteroatoms. The van der Waals surface area contributed by atoms with Crippen molar-refractivity contribution in [2.75, 3.05) is 11.9 Å². The van der Waals surface area contributed by atoms with E-state index in [4.69, 9.17) is 12.2 Å². The summed E-state index contributed by atoms with van der Waals surface area (Å²) in [5.41, 5.74) is 1.06. The Kier molecular flexibility index (Phi) is 3.87. The summed E-state index contributed by atoms with van der Waals surface area (Å²) in [7, 11) is 2.13. The van der Waals surface area contributed by atoms with Crippen molar-refractivity contribution < 1.29 is 0 Å². The monoisotopic (exact) mass is 288 g/mol. The summed E-state index contributed by atoms with van der Waals surface area (Å²) in [6, 6.07) is 10.7. The molecule has 4 nitrogen and oxygen atoms in total. The highest BCUT2D eigenvalue weighted by molar-refractivity contribution is 7.71. The number of aromatic nitrogens is 3. The molecule has 0 aliphatic heterocycles. The van der Waals surface area contributed by atoms with Crippen molar-refractivity contribution in [3.63, 3.8) is 0 Å². The fraction of sp³-hybridized carbons (Fsp3) is 0.467. The molecule has 0 saturated heterocycles. The van der Waals surface area contributed by atoms with E-state index in [9.17, 15) is 0 Å². The molecular weight excluding hydrogens is 268 g/mol. The van der Waals surface area contributed by atoms with E-state index in [0.717, 1.165) is 11.6 Å². The molecule has 1 fully saturated rings. The van der Waals surface area contributed by atoms with Crippen molar-refractivity contribution in [3.8, 4) is 5.69 Å². The molecule has 0 atom stereocenters. The van der Waals surface area contributed by atoms with Crippen molar-refractivity contribution in [1.29, 1.82) is 0 Å². The second-order valence-electron chi connectivity index (χ2n) is 5.40. The number of H-pyrrole nitrogens is 1. The highest BCUT2D eigenvalue weighted by Crippen LogP contribution is 2.26. The van der Waals surface area contributed by atoms with Crippen LogP contribution in [0.15, 0.2) is 30.3 Å². The van der Waals surface area contributed by atoms with E-state index < -0.39 is 0 Å². The van der Waals surface area contributed by atoms with Gasteiger partial charge in [0.15, 0.2) is 0 Å². The lowest BCUT2D eigenvalue weighted by Gasteiger charge is -2.31. The van der Waals surface area contributed by atoms with Crippen molar-refractivity contribution >= 4 is 18.2 Å². The zero-order chi connectivity index (χ0) is 13.9. The fourth-order valence-corrected chi connectivity index (χ4v) is 3.20. The average molecular weight is 288 g/mol. The maximum absolute atomic E-state index is 5.39. The van der Waals surface area contributed by atoms with Gasteiger partial charge in [-0.15, -0.1) is 5.10 Å². The van der Waals surface area contributed by atoms with Gasteiger partial charge >= 0.3 is 0 Å². The number of nitrogens with one attached hydrogen (secondary N) is 1. The third-order valence-corrected chi connectivity index (χ3v) is 4.38. The minimum absolute atomic E-state index is 0.566. The maximum Gasteiger partial charge on any atom is 0.230 e. The molecule has 1 heterocycles. The van der Waals surface area contributed by atoms with Crippen LogP contribution in [-0.4, -0.2) is 27.9 Å². The predicted octanol–water partition coefficient (Wildman–Crippen LogP) is 3.70. The molecule has 1 aliphatic rings. The zero-order valence-corrected chi connectivity index (χ0v) is 12.6. The summed E-state index contributed by atoms with van der Waals surface area (Å²) < 4.78 is 2.66. The van der Waals surface area contributed by atoms with E-state index in [2.05, 4.69) is 34.3 Å². The molecule has 1 saturated carbocycles. The molecule has 1 aromatic carbocycles. The second kappa shape index (κ2) is 5.79. The van der Waals surface area contributed by atoms with Crippen LogP contribution in [-0.2, 0) is 0 Å². The first-order valence-corrected chi connectivity index (χ1v) is 7.64. The molecular formula is C15H20N4S. The van der Waals surface area contributed by atoms with Crippen molar-refractivity contribution in [2.45, 2.75) is 38.1 Å². The number of nitrogens with zero attached hydrogens (tertiary/aromatic N) is 3. The standard InChI is InChI=1S/C15H20N4S/c1-18(12-8-4-2-5-9-12)14-16-17-15(20)19(14)13-10-6-3-7-11-13/h3,6-7,10-12H,2,4-5,8-9H2,1H3,(H,17,20). The van der Waals surface area contributed by atoms with Gasteiger partial charge in [0.05, 0.1) is 5.69 Å². The van der Waals surface area contributed by atoms with E-state index >= 15 is 0 Å². The number of para-hydroxylation sites is 1. The van der Waals surface area contributed by atoms with E-state index in [1.54, 1.807) is 0 Å². The average Bonchev–Trinajstić information content (AvgIpc) is 2.90. The largest absolute Gasteiger partial charge is 0.341 e. The smallest absolute Gasteiger partial charge is 0.230 e. The molecule has 3 rings (SSSR count). The van der Waals surface area contributed by atoms with Gasteiger partial charge in [-0.2, -0.15) is 0 Å². The molecule has 2 aromatic rings. The van der Waals surface area contributed by atoms with Crippen LogP contribution in [0.5, 0.6) is 0 Å². The molecule has 0 radical (unpaired) electrons. The van der Waals surface area contributed by atoms with Gasteiger partial charge in [-0.3, -0.25) is 4.57 Å². The number of hydrogen-bond donors (Lipinski definition) is 1. The highest BCUT2D eigenvalue weighted by Gasteiger charge is 2.22. The lowest BCUT2D eigenvalue weighted by atomic mass is 9.95. The van der Waals surface area contributed by atoms with Crippen LogP contribution >= 0.6 is 12.2 Å². The van der Waals surface area contributed by atoms with Gasteiger partial charge in [-0.1, -0.05) is 37.5 Å². The number of rotatable bonds is 3. The summed E-state index contributed by atoms with van der Waals surface area (Å²) in [5, 5.41) is 7.37. The SMILES string of the molecule is CN(c1n[nH]c(=S)n1-c1ccccc1)C1CCCCC1. The Balaban J connectivity index is 1.96. The van der Waals surface area contributed by atoms with Crippen molar-refractivity contribution in [1.82, 2.24) is 14.8 Å². The predicted molar refractivity (Wildman–Crippen MR) is 84.0 cm³/mol. The Morgan fingerprint density at radius 1 is 1.20 bits per heavy atom. The Bertz CT molecular complexity index is 610. The Hall–Kier alpha value is -1.62. The molecule has 0 unspecified atom stereocenters. The molecule has 0 bridgehead atoms. The summed E-state index contributed by atoms with van der Waals surface area (Å²) in [6.07, 6.45) is 6.46. The molecule has 20 heavy (non-hydrogen) atoms. The molecule has 1 aromatic heterocycles. The number of hydrogen-bond acceptors (Lipinski definition) is 3. The van der Waals surface area contributed by atoms with Crippen LogP contribution in [0.1, 0.15) is 32.1 Å². The normalized spacial score (nSPS) is 16.2. The van der Waals surface area contributed by atoms with Crippen molar-refractivity contribution in [2.24, 2.45) is 0 Å². The van der Waals surface area contributed by atoms with Crippen LogP contribution in [0.2, 0.25) is 0 Å². The van der Waals surface area contributed by atoms with Gasteiger partial charge in [-0.25, -0.2) is 5.10 Å². The Morgan fingerprint density at radius 2 is 1.90 bits per heavy atom. The molecule has 0 spiro atoms. The molecule has 1 aliphatic carbocycles. The van der Waals surface area contributed by atoms with Gasteiger partial charge < -0.3 is 4.90 Å². The lowest BCUT2D eigenvalue weighted by Crippen LogP contribution is -2.35. The lowest BCUT2D eigenvalue weighted by molar-refractivity contribution is 0.423. The molecule has 106 valence electrons. The minimum Gasteiger partial charge on any atom is -0.341 e. The number of anilines is 1. The minimum atomic E-state index is 0.566. The van der Waals surface area contributed by atoms with Gasteiger partial charge in [0, 0.05) is 13.1 Å². The van der Waals surface area contributed by atoms with Crippen molar-refractivity contribution in [3.05, 3.63) is 35.1 Å². The first-order valence-electron chi connectivity index (χ1n) is 7.23. The van der Waals surface area contributed by atoms with Gasteiger partial charge in [0.25, 0.3) is 0 Å².